The molecule has 0 saturated carbocycles. The van der Waals surface area contributed by atoms with E-state index in [1.165, 1.54) is 13.1 Å². The van der Waals surface area contributed by atoms with Crippen LogP contribution in [0.25, 0.3) is 22.0 Å². The second kappa shape index (κ2) is 8.93. The highest BCUT2D eigenvalue weighted by atomic mass is 79.9. The van der Waals surface area contributed by atoms with Crippen LogP contribution >= 0.6 is 15.9 Å². The molecular weight excluding hydrogens is 518 g/mol. The van der Waals surface area contributed by atoms with Gasteiger partial charge in [0.25, 0.3) is 16.1 Å². The maximum atomic E-state index is 14.2. The van der Waals surface area contributed by atoms with Crippen LogP contribution in [0.5, 0.6) is 0 Å². The van der Waals surface area contributed by atoms with Crippen molar-refractivity contribution in [2.24, 2.45) is 0 Å². The van der Waals surface area contributed by atoms with E-state index in [2.05, 4.69) is 35.7 Å². The molecular formula is C22H17BrF2N4O3S. The molecule has 170 valence electrons. The van der Waals surface area contributed by atoms with Gasteiger partial charge in [-0.3, -0.25) is 9.52 Å². The molecule has 0 saturated heterocycles. The number of benzene rings is 3. The van der Waals surface area contributed by atoms with E-state index in [1.807, 2.05) is 0 Å². The van der Waals surface area contributed by atoms with E-state index in [1.54, 1.807) is 42.5 Å². The maximum Gasteiger partial charge on any atom is 0.298 e. The molecule has 0 unspecified atom stereocenters. The van der Waals surface area contributed by atoms with Crippen molar-refractivity contribution in [3.05, 3.63) is 82.5 Å². The standard InChI is InChI=1S/C22H17BrF2N4O3S/c1-26-33(31,32)29-16-4-2-12-8-21(28-20(12)11-16)22(30)27-17-7-13(6-14(23)9-17)18-5-3-15(24)10-19(18)25/h2-11,26,28-29H,1H3,(H,27,30). The number of anilines is 2. The van der Waals surface area contributed by atoms with Gasteiger partial charge in [-0.15, -0.1) is 0 Å². The molecule has 1 heterocycles. The van der Waals surface area contributed by atoms with Gasteiger partial charge in [-0.25, -0.2) is 13.5 Å². The Morgan fingerprint density at radius 1 is 0.970 bits per heavy atom. The van der Waals surface area contributed by atoms with Gasteiger partial charge in [0.2, 0.25) is 0 Å². The highest BCUT2D eigenvalue weighted by Gasteiger charge is 2.14. The van der Waals surface area contributed by atoms with Gasteiger partial charge in [-0.1, -0.05) is 22.0 Å². The zero-order valence-electron chi connectivity index (χ0n) is 17.0. The predicted octanol–water partition coefficient (Wildman–Crippen LogP) is 5.00. The number of nitrogens with one attached hydrogen (secondary N) is 4. The molecule has 0 aliphatic heterocycles. The van der Waals surface area contributed by atoms with Crippen LogP contribution in [0.4, 0.5) is 20.2 Å². The van der Waals surface area contributed by atoms with Crippen molar-refractivity contribution in [1.82, 2.24) is 9.71 Å². The molecule has 0 atom stereocenters. The van der Waals surface area contributed by atoms with Gasteiger partial charge in [-0.05, 0) is 54.1 Å². The number of halogens is 3. The van der Waals surface area contributed by atoms with E-state index >= 15 is 0 Å². The van der Waals surface area contributed by atoms with Gasteiger partial charge >= 0.3 is 0 Å². The second-order valence-electron chi connectivity index (χ2n) is 7.10. The molecule has 0 bridgehead atoms. The normalized spacial score (nSPS) is 11.5. The lowest BCUT2D eigenvalue weighted by Crippen LogP contribution is -2.26. The summed E-state index contributed by atoms with van der Waals surface area (Å²) >= 11 is 3.34. The Morgan fingerprint density at radius 3 is 2.48 bits per heavy atom. The number of rotatable bonds is 6. The number of carbonyl (C=O) groups is 1. The molecule has 11 heteroatoms. The second-order valence-corrected chi connectivity index (χ2v) is 9.64. The molecule has 7 nitrogen and oxygen atoms in total. The number of aromatic amines is 1. The van der Waals surface area contributed by atoms with Crippen LogP contribution in [-0.4, -0.2) is 26.4 Å². The van der Waals surface area contributed by atoms with E-state index in [-0.39, 0.29) is 11.3 Å². The van der Waals surface area contributed by atoms with Gasteiger partial charge in [0.1, 0.15) is 17.3 Å². The van der Waals surface area contributed by atoms with E-state index in [0.29, 0.717) is 32.3 Å². The highest BCUT2D eigenvalue weighted by molar-refractivity contribution is 9.10. The summed E-state index contributed by atoms with van der Waals surface area (Å²) in [6, 6.07) is 14.6. The molecule has 0 aliphatic rings. The zero-order chi connectivity index (χ0) is 23.8. The van der Waals surface area contributed by atoms with Crippen molar-refractivity contribution in [3.63, 3.8) is 0 Å². The average molecular weight is 535 g/mol. The Labute approximate surface area is 196 Å². The highest BCUT2D eigenvalue weighted by Crippen LogP contribution is 2.30. The molecule has 0 fully saturated rings. The molecule has 1 aromatic heterocycles. The first-order valence-electron chi connectivity index (χ1n) is 9.55. The lowest BCUT2D eigenvalue weighted by Gasteiger charge is -2.09. The summed E-state index contributed by atoms with van der Waals surface area (Å²) in [6.07, 6.45) is 0. The Morgan fingerprint density at radius 2 is 1.76 bits per heavy atom. The van der Waals surface area contributed by atoms with E-state index in [0.717, 1.165) is 12.1 Å². The molecule has 33 heavy (non-hydrogen) atoms. The van der Waals surface area contributed by atoms with Crippen LogP contribution in [-0.2, 0) is 10.2 Å². The average Bonchev–Trinajstić information content (AvgIpc) is 3.16. The fraction of sp³-hybridized carbons (Fsp3) is 0.0455. The number of fused-ring (bicyclic) bond motifs is 1. The van der Waals surface area contributed by atoms with Gasteiger partial charge in [0.05, 0.1) is 5.69 Å². The van der Waals surface area contributed by atoms with Crippen molar-refractivity contribution in [1.29, 1.82) is 0 Å². The van der Waals surface area contributed by atoms with Crippen LogP contribution in [0.3, 0.4) is 0 Å². The smallest absolute Gasteiger partial charge is 0.298 e. The van der Waals surface area contributed by atoms with Crippen molar-refractivity contribution in [2.75, 3.05) is 17.1 Å². The Hall–Kier alpha value is -3.28. The Balaban J connectivity index is 1.60. The van der Waals surface area contributed by atoms with Gasteiger partial charge < -0.3 is 10.3 Å². The molecule has 0 aliphatic carbocycles. The largest absolute Gasteiger partial charge is 0.350 e. The SMILES string of the molecule is CNS(=O)(=O)Nc1ccc2cc(C(=O)Nc3cc(Br)cc(-c4ccc(F)cc4F)c3)[nH]c2c1. The van der Waals surface area contributed by atoms with E-state index in [4.69, 9.17) is 0 Å². The minimum Gasteiger partial charge on any atom is -0.350 e. The zero-order valence-corrected chi connectivity index (χ0v) is 19.4. The summed E-state index contributed by atoms with van der Waals surface area (Å²) in [4.78, 5) is 15.8. The van der Waals surface area contributed by atoms with E-state index in [9.17, 15) is 22.0 Å². The van der Waals surface area contributed by atoms with Crippen molar-refractivity contribution >= 4 is 54.3 Å². The van der Waals surface area contributed by atoms with Gasteiger partial charge in [0, 0.05) is 39.7 Å². The lowest BCUT2D eigenvalue weighted by atomic mass is 10.0. The molecule has 0 radical (unpaired) electrons. The summed E-state index contributed by atoms with van der Waals surface area (Å²) in [6.45, 7) is 0. The van der Waals surface area contributed by atoms with Crippen molar-refractivity contribution in [2.45, 2.75) is 0 Å². The molecule has 1 amide bonds. The number of amides is 1. The third-order valence-electron chi connectivity index (χ3n) is 4.79. The first kappa shape index (κ1) is 22.9. The third kappa shape index (κ3) is 5.21. The molecule has 4 aromatic rings. The maximum absolute atomic E-state index is 14.2. The number of aromatic nitrogens is 1. The fourth-order valence-electron chi connectivity index (χ4n) is 3.26. The predicted molar refractivity (Wildman–Crippen MR) is 127 cm³/mol. The molecule has 4 N–H and O–H groups in total. The van der Waals surface area contributed by atoms with Crippen LogP contribution in [0.1, 0.15) is 10.5 Å². The summed E-state index contributed by atoms with van der Waals surface area (Å²) in [7, 11) is -2.39. The molecule has 0 spiro atoms. The van der Waals surface area contributed by atoms with E-state index < -0.39 is 27.8 Å². The Bertz CT molecular complexity index is 1490. The van der Waals surface area contributed by atoms with Crippen molar-refractivity contribution < 1.29 is 22.0 Å². The van der Waals surface area contributed by atoms with Crippen LogP contribution in [0, 0.1) is 11.6 Å². The minimum atomic E-state index is -3.67. The van der Waals surface area contributed by atoms with Crippen LogP contribution < -0.4 is 14.8 Å². The summed E-state index contributed by atoms with van der Waals surface area (Å²) in [5, 5.41) is 3.45. The number of H-pyrrole nitrogens is 1. The van der Waals surface area contributed by atoms with Crippen LogP contribution in [0.15, 0.2) is 65.1 Å². The first-order valence-corrected chi connectivity index (χ1v) is 11.8. The topological polar surface area (TPSA) is 103 Å². The quantitative estimate of drug-likeness (QED) is 0.279. The molecule has 4 rings (SSSR count). The molecule has 3 aromatic carbocycles. The van der Waals surface area contributed by atoms with Gasteiger partial charge in [-0.2, -0.15) is 8.42 Å². The summed E-state index contributed by atoms with van der Waals surface area (Å²) in [5.41, 5.74) is 2.16. The number of hydrogen-bond donors (Lipinski definition) is 4. The van der Waals surface area contributed by atoms with Crippen molar-refractivity contribution in [3.8, 4) is 11.1 Å². The summed E-state index contributed by atoms with van der Waals surface area (Å²) in [5.74, 6) is -1.85. The lowest BCUT2D eigenvalue weighted by molar-refractivity contribution is 0.102. The Kier molecular flexibility index (Phi) is 6.19. The monoisotopic (exact) mass is 534 g/mol. The fourth-order valence-corrected chi connectivity index (χ4v) is 4.29. The number of hydrogen-bond acceptors (Lipinski definition) is 3. The number of carbonyl (C=O) groups excluding carboxylic acids is 1. The summed E-state index contributed by atoms with van der Waals surface area (Å²) < 4.78 is 55.9. The van der Waals surface area contributed by atoms with Crippen LogP contribution in [0.2, 0.25) is 0 Å². The van der Waals surface area contributed by atoms with Gasteiger partial charge in [0.15, 0.2) is 0 Å². The minimum absolute atomic E-state index is 0.190. The third-order valence-corrected chi connectivity index (χ3v) is 6.29. The first-order chi connectivity index (χ1) is 15.6.